The van der Waals surface area contributed by atoms with Crippen LogP contribution in [-0.2, 0) is 0 Å². The zero-order valence-electron chi connectivity index (χ0n) is 9.89. The normalized spacial score (nSPS) is 19.1. The smallest absolute Gasteiger partial charge is 0.00217 e. The van der Waals surface area contributed by atoms with E-state index in [1.165, 1.54) is 58.3 Å². The van der Waals surface area contributed by atoms with Gasteiger partial charge in [0.2, 0.25) is 0 Å². The Bertz CT molecular complexity index is 130. The molecular weight excluding hydrogens is 172 g/mol. The summed E-state index contributed by atoms with van der Waals surface area (Å²) in [4.78, 5) is 2.46. The van der Waals surface area contributed by atoms with E-state index < -0.39 is 0 Å². The second kappa shape index (κ2) is 7.24. The lowest BCUT2D eigenvalue weighted by atomic mass is 9.93. The predicted molar refractivity (Wildman–Crippen MR) is 62.6 cm³/mol. The molecule has 0 amide bonds. The molecule has 0 aliphatic carbocycles. The molecule has 1 heterocycles. The number of hydrogen-bond donors (Lipinski definition) is 1. The van der Waals surface area contributed by atoms with Crippen LogP contribution in [0.25, 0.3) is 0 Å². The molecule has 2 heteroatoms. The summed E-state index contributed by atoms with van der Waals surface area (Å²) in [5.41, 5.74) is 0. The van der Waals surface area contributed by atoms with Crippen molar-refractivity contribution >= 4 is 0 Å². The number of piperidine rings is 1. The number of nitrogens with zero attached hydrogens (tertiary/aromatic N) is 1. The van der Waals surface area contributed by atoms with E-state index in [2.05, 4.69) is 24.2 Å². The molecule has 1 saturated heterocycles. The van der Waals surface area contributed by atoms with Crippen LogP contribution in [0.15, 0.2) is 0 Å². The fourth-order valence-corrected chi connectivity index (χ4v) is 2.31. The lowest BCUT2D eigenvalue weighted by molar-refractivity contribution is 0.291. The number of rotatable bonds is 6. The van der Waals surface area contributed by atoms with Crippen LogP contribution in [-0.4, -0.2) is 38.1 Å². The van der Waals surface area contributed by atoms with Gasteiger partial charge >= 0.3 is 0 Å². The molecule has 0 spiro atoms. The Morgan fingerprint density at radius 3 is 2.57 bits per heavy atom. The fraction of sp³-hybridized carbons (Fsp3) is 1.00. The minimum Gasteiger partial charge on any atom is -0.317 e. The van der Waals surface area contributed by atoms with Gasteiger partial charge in [0, 0.05) is 0 Å². The first-order valence-electron chi connectivity index (χ1n) is 6.22. The second-order valence-electron chi connectivity index (χ2n) is 4.64. The third-order valence-corrected chi connectivity index (χ3v) is 3.22. The Kier molecular flexibility index (Phi) is 6.20. The van der Waals surface area contributed by atoms with Gasteiger partial charge in [-0.15, -0.1) is 0 Å². The minimum absolute atomic E-state index is 1.01. The van der Waals surface area contributed by atoms with E-state index in [0.717, 1.165) is 5.92 Å². The maximum Gasteiger partial charge on any atom is -0.00217 e. The fourth-order valence-electron chi connectivity index (χ4n) is 2.31. The third kappa shape index (κ3) is 4.97. The molecule has 1 N–H and O–H groups in total. The van der Waals surface area contributed by atoms with Gasteiger partial charge in [0.25, 0.3) is 0 Å². The first kappa shape index (κ1) is 12.0. The van der Waals surface area contributed by atoms with Crippen LogP contribution in [0.2, 0.25) is 0 Å². The SMILES string of the molecule is CCCN(C)CCCC1CCNCC1. The van der Waals surface area contributed by atoms with Crippen LogP contribution in [0.4, 0.5) is 0 Å². The molecule has 0 aromatic carbocycles. The van der Waals surface area contributed by atoms with Crippen molar-refractivity contribution in [2.45, 2.75) is 39.0 Å². The van der Waals surface area contributed by atoms with Crippen LogP contribution < -0.4 is 5.32 Å². The highest BCUT2D eigenvalue weighted by Gasteiger charge is 2.12. The van der Waals surface area contributed by atoms with Gasteiger partial charge in [0.1, 0.15) is 0 Å². The van der Waals surface area contributed by atoms with E-state index in [9.17, 15) is 0 Å². The molecule has 0 saturated carbocycles. The molecule has 1 rings (SSSR count). The lowest BCUT2D eigenvalue weighted by Crippen LogP contribution is -2.28. The van der Waals surface area contributed by atoms with E-state index in [1.54, 1.807) is 0 Å². The summed E-state index contributed by atoms with van der Waals surface area (Å²) >= 11 is 0. The Morgan fingerprint density at radius 1 is 1.21 bits per heavy atom. The first-order chi connectivity index (χ1) is 6.83. The van der Waals surface area contributed by atoms with Gasteiger partial charge in [-0.25, -0.2) is 0 Å². The van der Waals surface area contributed by atoms with Crippen LogP contribution in [0, 0.1) is 5.92 Å². The second-order valence-corrected chi connectivity index (χ2v) is 4.64. The van der Waals surface area contributed by atoms with E-state index in [1.807, 2.05) is 0 Å². The maximum absolute atomic E-state index is 3.42. The standard InChI is InChI=1S/C12H26N2/c1-3-10-14(2)11-4-5-12-6-8-13-9-7-12/h12-13H,3-11H2,1-2H3. The summed E-state index contributed by atoms with van der Waals surface area (Å²) < 4.78 is 0. The zero-order valence-corrected chi connectivity index (χ0v) is 9.89. The zero-order chi connectivity index (χ0) is 10.2. The first-order valence-corrected chi connectivity index (χ1v) is 6.22. The number of hydrogen-bond acceptors (Lipinski definition) is 2. The highest BCUT2D eigenvalue weighted by atomic mass is 15.1. The average Bonchev–Trinajstić information content (AvgIpc) is 2.20. The van der Waals surface area contributed by atoms with E-state index in [-0.39, 0.29) is 0 Å². The van der Waals surface area contributed by atoms with Crippen molar-refractivity contribution in [2.75, 3.05) is 33.2 Å². The molecule has 0 radical (unpaired) electrons. The molecule has 1 aliphatic rings. The Morgan fingerprint density at radius 2 is 1.93 bits per heavy atom. The van der Waals surface area contributed by atoms with Crippen molar-refractivity contribution in [1.29, 1.82) is 0 Å². The Hall–Kier alpha value is -0.0800. The summed E-state index contributed by atoms with van der Waals surface area (Å²) in [6, 6.07) is 0. The van der Waals surface area contributed by atoms with Gasteiger partial charge in [-0.2, -0.15) is 0 Å². The molecule has 0 unspecified atom stereocenters. The highest BCUT2D eigenvalue weighted by Crippen LogP contribution is 2.17. The van der Waals surface area contributed by atoms with Crippen molar-refractivity contribution < 1.29 is 0 Å². The van der Waals surface area contributed by atoms with Gasteiger partial charge in [-0.1, -0.05) is 6.92 Å². The quantitative estimate of drug-likeness (QED) is 0.703. The predicted octanol–water partition coefficient (Wildman–Crippen LogP) is 2.11. The van der Waals surface area contributed by atoms with E-state index in [4.69, 9.17) is 0 Å². The molecule has 0 bridgehead atoms. The summed E-state index contributed by atoms with van der Waals surface area (Å²) in [6.07, 6.45) is 6.91. The highest BCUT2D eigenvalue weighted by molar-refractivity contribution is 4.68. The van der Waals surface area contributed by atoms with Crippen LogP contribution in [0.5, 0.6) is 0 Å². The summed E-state index contributed by atoms with van der Waals surface area (Å²) in [5, 5.41) is 3.42. The van der Waals surface area contributed by atoms with Crippen molar-refractivity contribution in [2.24, 2.45) is 5.92 Å². The average molecular weight is 198 g/mol. The van der Waals surface area contributed by atoms with Crippen molar-refractivity contribution in [3.05, 3.63) is 0 Å². The van der Waals surface area contributed by atoms with Gasteiger partial charge in [0.05, 0.1) is 0 Å². The van der Waals surface area contributed by atoms with Crippen molar-refractivity contribution in [3.63, 3.8) is 0 Å². The van der Waals surface area contributed by atoms with E-state index >= 15 is 0 Å². The topological polar surface area (TPSA) is 15.3 Å². The van der Waals surface area contributed by atoms with Crippen LogP contribution >= 0.6 is 0 Å². The molecule has 0 atom stereocenters. The van der Waals surface area contributed by atoms with Crippen molar-refractivity contribution in [3.8, 4) is 0 Å². The molecule has 2 nitrogen and oxygen atoms in total. The van der Waals surface area contributed by atoms with Crippen LogP contribution in [0.3, 0.4) is 0 Å². The Labute approximate surface area is 89.1 Å². The summed E-state index contributed by atoms with van der Waals surface area (Å²) in [7, 11) is 2.24. The van der Waals surface area contributed by atoms with Gasteiger partial charge in [-0.3, -0.25) is 0 Å². The maximum atomic E-state index is 3.42. The van der Waals surface area contributed by atoms with Crippen LogP contribution in [0.1, 0.15) is 39.0 Å². The monoisotopic (exact) mass is 198 g/mol. The van der Waals surface area contributed by atoms with Gasteiger partial charge in [0.15, 0.2) is 0 Å². The third-order valence-electron chi connectivity index (χ3n) is 3.22. The van der Waals surface area contributed by atoms with Gasteiger partial charge < -0.3 is 10.2 Å². The molecule has 0 aromatic heterocycles. The molecular formula is C12H26N2. The molecule has 1 fully saturated rings. The molecule has 0 aromatic rings. The van der Waals surface area contributed by atoms with E-state index in [0.29, 0.717) is 0 Å². The van der Waals surface area contributed by atoms with Gasteiger partial charge in [-0.05, 0) is 71.2 Å². The Balaban J connectivity index is 1.96. The lowest BCUT2D eigenvalue weighted by Gasteiger charge is -2.23. The number of nitrogens with one attached hydrogen (secondary N) is 1. The minimum atomic E-state index is 1.01. The molecule has 84 valence electrons. The van der Waals surface area contributed by atoms with Crippen molar-refractivity contribution in [1.82, 2.24) is 10.2 Å². The molecule has 14 heavy (non-hydrogen) atoms. The molecule has 1 aliphatic heterocycles. The summed E-state index contributed by atoms with van der Waals surface area (Å²) in [5.74, 6) is 1.01. The summed E-state index contributed by atoms with van der Waals surface area (Å²) in [6.45, 7) is 7.29. The largest absolute Gasteiger partial charge is 0.317 e.